The van der Waals surface area contributed by atoms with E-state index in [0.29, 0.717) is 6.42 Å². The smallest absolute Gasteiger partial charge is 0.418 e. The van der Waals surface area contributed by atoms with Gasteiger partial charge in [0.2, 0.25) is 5.54 Å². The first-order valence-electron chi connectivity index (χ1n) is 7.68. The Morgan fingerprint density at radius 3 is 2.25 bits per heavy atom. The summed E-state index contributed by atoms with van der Waals surface area (Å²) in [7, 11) is -2.21. The zero-order valence-corrected chi connectivity index (χ0v) is 14.7. The molecule has 0 aliphatic carbocycles. The number of carbonyl (C=O) groups excluding carboxylic acids is 1. The molecule has 1 N–H and O–H groups in total. The van der Waals surface area contributed by atoms with Crippen molar-refractivity contribution in [2.24, 2.45) is 0 Å². The zero-order chi connectivity index (χ0) is 18.4. The van der Waals surface area contributed by atoms with Gasteiger partial charge in [0.1, 0.15) is 11.0 Å². The SMILES string of the molecule is CCCC[C@](NS(=O)c1ccc(C)cc1)(C(=O)OCC)C(F)(F)F. The van der Waals surface area contributed by atoms with Crippen LogP contribution in [0.5, 0.6) is 0 Å². The molecule has 136 valence electrons. The van der Waals surface area contributed by atoms with Crippen molar-refractivity contribution in [3.8, 4) is 0 Å². The topological polar surface area (TPSA) is 55.4 Å². The van der Waals surface area contributed by atoms with Crippen LogP contribution in [0.1, 0.15) is 38.7 Å². The van der Waals surface area contributed by atoms with Crippen molar-refractivity contribution in [2.75, 3.05) is 6.61 Å². The minimum Gasteiger partial charge on any atom is -0.464 e. The lowest BCUT2D eigenvalue weighted by atomic mass is 9.93. The molecule has 24 heavy (non-hydrogen) atoms. The molecule has 0 amide bonds. The van der Waals surface area contributed by atoms with Crippen LogP contribution in [-0.2, 0) is 20.5 Å². The number of ether oxygens (including phenoxy) is 1. The average Bonchev–Trinajstić information content (AvgIpc) is 2.50. The van der Waals surface area contributed by atoms with E-state index in [0.717, 1.165) is 5.56 Å². The Kier molecular flexibility index (Phi) is 7.41. The van der Waals surface area contributed by atoms with Gasteiger partial charge in [0.25, 0.3) is 0 Å². The maximum absolute atomic E-state index is 13.7. The highest BCUT2D eigenvalue weighted by atomic mass is 32.2. The molecule has 0 bridgehead atoms. The van der Waals surface area contributed by atoms with Crippen LogP contribution in [-0.4, -0.2) is 28.5 Å². The first kappa shape index (κ1) is 20.6. The van der Waals surface area contributed by atoms with Gasteiger partial charge in [-0.15, -0.1) is 0 Å². The molecular weight excluding hydrogens is 343 g/mol. The van der Waals surface area contributed by atoms with Crippen molar-refractivity contribution in [3.63, 3.8) is 0 Å². The number of halogens is 3. The molecule has 0 heterocycles. The number of aryl methyl sites for hydroxylation is 1. The van der Waals surface area contributed by atoms with E-state index in [1.807, 2.05) is 4.72 Å². The van der Waals surface area contributed by atoms with Crippen LogP contribution in [0.3, 0.4) is 0 Å². The highest BCUT2D eigenvalue weighted by molar-refractivity contribution is 7.83. The lowest BCUT2D eigenvalue weighted by Gasteiger charge is -2.33. The van der Waals surface area contributed by atoms with Gasteiger partial charge in [-0.3, -0.25) is 0 Å². The van der Waals surface area contributed by atoms with Gasteiger partial charge >= 0.3 is 12.1 Å². The number of esters is 1. The van der Waals surface area contributed by atoms with Gasteiger partial charge in [0, 0.05) is 0 Å². The van der Waals surface area contributed by atoms with Crippen molar-refractivity contribution in [3.05, 3.63) is 29.8 Å². The van der Waals surface area contributed by atoms with E-state index in [1.165, 1.54) is 19.1 Å². The molecule has 2 atom stereocenters. The number of nitrogens with one attached hydrogen (secondary N) is 1. The Labute approximate surface area is 142 Å². The largest absolute Gasteiger partial charge is 0.464 e. The minimum absolute atomic E-state index is 0.135. The summed E-state index contributed by atoms with van der Waals surface area (Å²) in [5, 5.41) is 0. The van der Waals surface area contributed by atoms with E-state index in [4.69, 9.17) is 0 Å². The van der Waals surface area contributed by atoms with Gasteiger partial charge in [-0.1, -0.05) is 37.5 Å². The number of alkyl halides is 3. The second-order valence-electron chi connectivity index (χ2n) is 5.41. The van der Waals surface area contributed by atoms with Crippen molar-refractivity contribution < 1.29 is 26.9 Å². The molecule has 0 saturated carbocycles. The highest BCUT2D eigenvalue weighted by Gasteiger charge is 2.62. The van der Waals surface area contributed by atoms with Crippen molar-refractivity contribution in [1.29, 1.82) is 0 Å². The van der Waals surface area contributed by atoms with Gasteiger partial charge < -0.3 is 4.74 Å². The number of rotatable bonds is 8. The summed E-state index contributed by atoms with van der Waals surface area (Å²) in [5.74, 6) is -1.45. The molecule has 0 fully saturated rings. The van der Waals surface area contributed by atoms with Crippen LogP contribution in [0.15, 0.2) is 29.2 Å². The number of unbranched alkanes of at least 4 members (excludes halogenated alkanes) is 1. The van der Waals surface area contributed by atoms with Crippen LogP contribution >= 0.6 is 0 Å². The number of benzene rings is 1. The summed E-state index contributed by atoms with van der Waals surface area (Å²) < 4.78 is 60.2. The fraction of sp³-hybridized carbons (Fsp3) is 0.562. The van der Waals surface area contributed by atoms with E-state index in [9.17, 15) is 22.2 Å². The molecule has 4 nitrogen and oxygen atoms in total. The molecule has 1 rings (SSSR count). The molecule has 8 heteroatoms. The maximum atomic E-state index is 13.7. The van der Waals surface area contributed by atoms with Gasteiger partial charge in [-0.25, -0.2) is 13.7 Å². The molecule has 0 aliphatic heterocycles. The predicted molar refractivity (Wildman–Crippen MR) is 85.7 cm³/mol. The van der Waals surface area contributed by atoms with Crippen molar-refractivity contribution in [1.82, 2.24) is 4.72 Å². The Hall–Kier alpha value is -1.41. The lowest BCUT2D eigenvalue weighted by Crippen LogP contribution is -2.63. The number of hydrogen-bond acceptors (Lipinski definition) is 3. The summed E-state index contributed by atoms with van der Waals surface area (Å²) in [6.07, 6.45) is -4.88. The quantitative estimate of drug-likeness (QED) is 0.716. The van der Waals surface area contributed by atoms with Gasteiger partial charge in [-0.2, -0.15) is 13.2 Å². The van der Waals surface area contributed by atoms with E-state index in [2.05, 4.69) is 4.74 Å². The summed E-state index contributed by atoms with van der Waals surface area (Å²) in [5.41, 5.74) is -2.11. The predicted octanol–water partition coefficient (Wildman–Crippen LogP) is 3.66. The summed E-state index contributed by atoms with van der Waals surface area (Å²) >= 11 is 0. The molecular formula is C16H22F3NO3S. The van der Waals surface area contributed by atoms with E-state index in [1.54, 1.807) is 26.0 Å². The Balaban J connectivity index is 3.21. The van der Waals surface area contributed by atoms with E-state index in [-0.39, 0.29) is 17.9 Å². The third-order valence-corrected chi connectivity index (χ3v) is 4.75. The Morgan fingerprint density at radius 1 is 1.21 bits per heavy atom. The van der Waals surface area contributed by atoms with E-state index >= 15 is 0 Å². The normalized spacial score (nSPS) is 15.6. The fourth-order valence-corrected chi connectivity index (χ4v) is 3.20. The van der Waals surface area contributed by atoms with Crippen LogP contribution in [0.2, 0.25) is 0 Å². The van der Waals surface area contributed by atoms with E-state index < -0.39 is 35.1 Å². The second kappa shape index (κ2) is 8.62. The molecule has 0 saturated heterocycles. The minimum atomic E-state index is -4.94. The van der Waals surface area contributed by atoms with Gasteiger partial charge in [0.05, 0.1) is 11.5 Å². The van der Waals surface area contributed by atoms with Gasteiger partial charge in [-0.05, 0) is 32.4 Å². The Morgan fingerprint density at radius 2 is 1.79 bits per heavy atom. The standard InChI is InChI=1S/C16H22F3NO3S/c1-4-6-11-15(16(17,18)19,14(21)23-5-2)20-24(22)13-9-7-12(3)8-10-13/h7-10,20H,4-6,11H2,1-3H3/t15-,24?/m0/s1. The summed E-state index contributed by atoms with van der Waals surface area (Å²) in [6.45, 7) is 4.75. The second-order valence-corrected chi connectivity index (χ2v) is 6.62. The molecule has 1 unspecified atom stereocenters. The average molecular weight is 365 g/mol. The molecule has 1 aromatic rings. The molecule has 0 radical (unpaired) electrons. The van der Waals surface area contributed by atoms with Crippen LogP contribution in [0.4, 0.5) is 13.2 Å². The zero-order valence-electron chi connectivity index (χ0n) is 13.9. The van der Waals surface area contributed by atoms with Crippen molar-refractivity contribution >= 4 is 17.0 Å². The highest BCUT2D eigenvalue weighted by Crippen LogP contribution is 2.36. The van der Waals surface area contributed by atoms with Crippen LogP contribution in [0.25, 0.3) is 0 Å². The monoisotopic (exact) mass is 365 g/mol. The summed E-state index contributed by atoms with van der Waals surface area (Å²) in [4.78, 5) is 12.3. The van der Waals surface area contributed by atoms with Gasteiger partial charge in [0.15, 0.2) is 0 Å². The molecule has 0 spiro atoms. The number of carbonyl (C=O) groups is 1. The van der Waals surface area contributed by atoms with Crippen LogP contribution < -0.4 is 4.72 Å². The van der Waals surface area contributed by atoms with Crippen molar-refractivity contribution in [2.45, 2.75) is 56.6 Å². The third-order valence-electron chi connectivity index (χ3n) is 3.52. The maximum Gasteiger partial charge on any atom is 0.418 e. The fourth-order valence-electron chi connectivity index (χ4n) is 2.09. The summed E-state index contributed by atoms with van der Waals surface area (Å²) in [6, 6.07) is 6.20. The van der Waals surface area contributed by atoms with Crippen LogP contribution in [0, 0.1) is 6.92 Å². The third kappa shape index (κ3) is 4.80. The number of hydrogen-bond donors (Lipinski definition) is 1. The lowest BCUT2D eigenvalue weighted by molar-refractivity contribution is -0.210. The first-order chi connectivity index (χ1) is 11.2. The first-order valence-corrected chi connectivity index (χ1v) is 8.83. The molecule has 0 aromatic heterocycles. The Bertz CT molecular complexity index is 575. The molecule has 0 aliphatic rings. The molecule has 1 aromatic carbocycles.